The van der Waals surface area contributed by atoms with Crippen LogP contribution in [0.25, 0.3) is 0 Å². The minimum atomic E-state index is -0.333. The molecular weight excluding hydrogens is 413 g/mol. The molecule has 1 heterocycles. The number of benzene rings is 2. The molecule has 4 nitrogen and oxygen atoms in total. The van der Waals surface area contributed by atoms with Crippen molar-refractivity contribution in [3.8, 4) is 0 Å². The number of hydrogen-bond donors (Lipinski definition) is 0. The summed E-state index contributed by atoms with van der Waals surface area (Å²) in [6.07, 6.45) is 6.84. The van der Waals surface area contributed by atoms with E-state index in [1.807, 2.05) is 6.92 Å². The number of esters is 1. The fourth-order valence-corrected chi connectivity index (χ4v) is 4.91. The molecule has 166 valence electrons. The maximum atomic E-state index is 13.3. The van der Waals surface area contributed by atoms with Crippen LogP contribution >= 0.6 is 11.8 Å². The molecule has 1 fully saturated rings. The van der Waals surface area contributed by atoms with Gasteiger partial charge in [-0.3, -0.25) is 9.69 Å². The van der Waals surface area contributed by atoms with E-state index in [2.05, 4.69) is 6.92 Å². The van der Waals surface area contributed by atoms with Gasteiger partial charge in [-0.05, 0) is 54.8 Å². The number of thioether (sulfide) groups is 1. The summed E-state index contributed by atoms with van der Waals surface area (Å²) in [4.78, 5) is 26.7. The normalized spacial score (nSPS) is 16.0. The molecule has 2 aromatic rings. The van der Waals surface area contributed by atoms with E-state index in [1.54, 1.807) is 35.2 Å². The van der Waals surface area contributed by atoms with Crippen LogP contribution < -0.4 is 4.90 Å². The second-order valence-electron chi connectivity index (χ2n) is 7.88. The molecule has 3 rings (SSSR count). The number of anilines is 1. The predicted molar refractivity (Wildman–Crippen MR) is 124 cm³/mol. The molecule has 1 saturated heterocycles. The Morgan fingerprint density at radius 2 is 1.81 bits per heavy atom. The smallest absolute Gasteiger partial charge is 0.338 e. The van der Waals surface area contributed by atoms with E-state index in [9.17, 15) is 14.0 Å². The summed E-state index contributed by atoms with van der Waals surface area (Å²) in [5, 5.41) is -0.211. The first kappa shape index (κ1) is 23.3. The van der Waals surface area contributed by atoms with Gasteiger partial charge in [-0.2, -0.15) is 0 Å². The Morgan fingerprint density at radius 3 is 2.52 bits per heavy atom. The number of nitrogens with zero attached hydrogens (tertiary/aromatic N) is 1. The third-order valence-electron chi connectivity index (χ3n) is 5.45. The predicted octanol–water partition coefficient (Wildman–Crippen LogP) is 6.43. The molecule has 1 amide bonds. The van der Waals surface area contributed by atoms with Crippen LogP contribution in [-0.2, 0) is 9.53 Å². The van der Waals surface area contributed by atoms with Gasteiger partial charge in [-0.15, -0.1) is 11.8 Å². The Labute approximate surface area is 188 Å². The van der Waals surface area contributed by atoms with Crippen LogP contribution in [-0.4, -0.2) is 24.2 Å². The molecule has 0 N–H and O–H groups in total. The van der Waals surface area contributed by atoms with Gasteiger partial charge in [-0.25, -0.2) is 9.18 Å². The van der Waals surface area contributed by atoms with E-state index in [1.165, 1.54) is 49.6 Å². The van der Waals surface area contributed by atoms with E-state index < -0.39 is 0 Å². The molecular formula is C25H30FNO3S. The van der Waals surface area contributed by atoms with Gasteiger partial charge in [-0.1, -0.05) is 51.2 Å². The van der Waals surface area contributed by atoms with Crippen LogP contribution in [0.5, 0.6) is 0 Å². The summed E-state index contributed by atoms with van der Waals surface area (Å²) in [7, 11) is 0. The molecule has 0 radical (unpaired) electrons. The minimum absolute atomic E-state index is 0.000763. The maximum Gasteiger partial charge on any atom is 0.338 e. The van der Waals surface area contributed by atoms with E-state index in [0.717, 1.165) is 29.7 Å². The lowest BCUT2D eigenvalue weighted by atomic mass is 10.1. The van der Waals surface area contributed by atoms with Crippen molar-refractivity contribution in [2.24, 2.45) is 0 Å². The van der Waals surface area contributed by atoms with Gasteiger partial charge >= 0.3 is 5.97 Å². The first-order chi connectivity index (χ1) is 15.0. The van der Waals surface area contributed by atoms with Crippen molar-refractivity contribution in [1.29, 1.82) is 0 Å². The SMILES string of the molecule is CCCCCCCCOC(=O)c1ccc(N2C(=O)CSC2c2ccc(F)cc2)c(C)c1. The highest BCUT2D eigenvalue weighted by Gasteiger charge is 2.35. The summed E-state index contributed by atoms with van der Waals surface area (Å²) in [5.74, 6) is -0.269. The number of carbonyl (C=O) groups excluding carboxylic acids is 2. The van der Waals surface area contributed by atoms with Crippen molar-refractivity contribution in [3.05, 3.63) is 65.0 Å². The molecule has 0 saturated carbocycles. The fourth-order valence-electron chi connectivity index (χ4n) is 3.74. The Bertz CT molecular complexity index is 900. The average molecular weight is 444 g/mol. The summed E-state index contributed by atoms with van der Waals surface area (Å²) >= 11 is 1.51. The Morgan fingerprint density at radius 1 is 1.10 bits per heavy atom. The summed E-state index contributed by atoms with van der Waals surface area (Å²) < 4.78 is 18.7. The molecule has 31 heavy (non-hydrogen) atoms. The molecule has 1 atom stereocenters. The van der Waals surface area contributed by atoms with Crippen LogP contribution in [0.1, 0.15) is 72.3 Å². The first-order valence-electron chi connectivity index (χ1n) is 11.0. The monoisotopic (exact) mass is 443 g/mol. The van der Waals surface area contributed by atoms with Crippen molar-refractivity contribution in [3.63, 3.8) is 0 Å². The highest BCUT2D eigenvalue weighted by molar-refractivity contribution is 8.00. The maximum absolute atomic E-state index is 13.3. The lowest BCUT2D eigenvalue weighted by Crippen LogP contribution is -2.28. The highest BCUT2D eigenvalue weighted by atomic mass is 32.2. The first-order valence-corrected chi connectivity index (χ1v) is 12.0. The number of halogens is 1. The Hall–Kier alpha value is -2.34. The topological polar surface area (TPSA) is 46.6 Å². The number of carbonyl (C=O) groups is 2. The summed E-state index contributed by atoms with van der Waals surface area (Å²) in [6, 6.07) is 11.5. The molecule has 1 aliphatic rings. The van der Waals surface area contributed by atoms with E-state index in [0.29, 0.717) is 17.9 Å². The van der Waals surface area contributed by atoms with Crippen molar-refractivity contribution in [1.82, 2.24) is 0 Å². The third kappa shape index (κ3) is 6.10. The standard InChI is InChI=1S/C25H30FNO3S/c1-3-4-5-6-7-8-15-30-25(29)20-11-14-22(18(2)16-20)27-23(28)17-31-24(27)19-9-12-21(26)13-10-19/h9-14,16,24H,3-8,15,17H2,1-2H3. The largest absolute Gasteiger partial charge is 0.462 e. The fraction of sp³-hybridized carbons (Fsp3) is 0.440. The minimum Gasteiger partial charge on any atom is -0.462 e. The summed E-state index contributed by atoms with van der Waals surface area (Å²) in [6.45, 7) is 4.51. The second kappa shape index (κ2) is 11.3. The van der Waals surface area contributed by atoms with Crippen LogP contribution in [0.4, 0.5) is 10.1 Å². The molecule has 2 aromatic carbocycles. The van der Waals surface area contributed by atoms with Gasteiger partial charge in [0, 0.05) is 5.69 Å². The van der Waals surface area contributed by atoms with Gasteiger partial charge in [0.05, 0.1) is 17.9 Å². The van der Waals surface area contributed by atoms with E-state index >= 15 is 0 Å². The number of amides is 1. The van der Waals surface area contributed by atoms with Crippen molar-refractivity contribution >= 4 is 29.3 Å². The van der Waals surface area contributed by atoms with Crippen LogP contribution in [0, 0.1) is 12.7 Å². The lowest BCUT2D eigenvalue weighted by Gasteiger charge is -2.26. The zero-order valence-corrected chi connectivity index (χ0v) is 19.1. The van der Waals surface area contributed by atoms with Crippen molar-refractivity contribution < 1.29 is 18.7 Å². The van der Waals surface area contributed by atoms with Gasteiger partial charge in [0.2, 0.25) is 5.91 Å². The van der Waals surface area contributed by atoms with Crippen LogP contribution in [0.3, 0.4) is 0 Å². The molecule has 0 aromatic heterocycles. The lowest BCUT2D eigenvalue weighted by molar-refractivity contribution is -0.115. The van der Waals surface area contributed by atoms with Gasteiger partial charge in [0.15, 0.2) is 0 Å². The Kier molecular flexibility index (Phi) is 8.52. The van der Waals surface area contributed by atoms with Crippen LogP contribution in [0.15, 0.2) is 42.5 Å². The van der Waals surface area contributed by atoms with Gasteiger partial charge < -0.3 is 4.74 Å². The van der Waals surface area contributed by atoms with E-state index in [4.69, 9.17) is 4.74 Å². The zero-order valence-electron chi connectivity index (χ0n) is 18.2. The number of rotatable bonds is 10. The number of aryl methyl sites for hydroxylation is 1. The molecule has 0 spiro atoms. The van der Waals surface area contributed by atoms with Gasteiger partial charge in [0.25, 0.3) is 0 Å². The van der Waals surface area contributed by atoms with Crippen LogP contribution in [0.2, 0.25) is 0 Å². The van der Waals surface area contributed by atoms with Crippen molar-refractivity contribution in [2.75, 3.05) is 17.3 Å². The summed E-state index contributed by atoms with van der Waals surface area (Å²) in [5.41, 5.74) is 2.96. The molecule has 1 unspecified atom stereocenters. The van der Waals surface area contributed by atoms with Gasteiger partial charge in [0.1, 0.15) is 11.2 Å². The molecule has 6 heteroatoms. The zero-order chi connectivity index (χ0) is 22.2. The van der Waals surface area contributed by atoms with Crippen molar-refractivity contribution in [2.45, 2.75) is 57.7 Å². The quantitative estimate of drug-likeness (QED) is 0.314. The average Bonchev–Trinajstić information content (AvgIpc) is 3.14. The number of unbranched alkanes of at least 4 members (excludes halogenated alkanes) is 5. The second-order valence-corrected chi connectivity index (χ2v) is 8.95. The third-order valence-corrected chi connectivity index (χ3v) is 6.66. The number of hydrogen-bond acceptors (Lipinski definition) is 4. The molecule has 1 aliphatic heterocycles. The molecule has 0 bridgehead atoms. The highest BCUT2D eigenvalue weighted by Crippen LogP contribution is 2.42. The number of ether oxygens (including phenoxy) is 1. The Balaban J connectivity index is 1.63. The molecule has 0 aliphatic carbocycles. The van der Waals surface area contributed by atoms with E-state index in [-0.39, 0.29) is 23.1 Å².